The zero-order valence-electron chi connectivity index (χ0n) is 16.2. The quantitative estimate of drug-likeness (QED) is 0.319. The van der Waals surface area contributed by atoms with Crippen LogP contribution in [-0.4, -0.2) is 48.9 Å². The molecule has 0 aromatic heterocycles. The standard InChI is InChI=1S/C19H23N3O4S.H2O/c1-4-12-9-16-15(22-8-7-20-19(22)27-16)10-14(12)21-11-13(17(23)25-5-2)18(24)26-6-3;/h9-11,21H,4-8H2,1-3H3;1H2. The van der Waals surface area contributed by atoms with E-state index in [0.29, 0.717) is 0 Å². The lowest BCUT2D eigenvalue weighted by Gasteiger charge is -2.16. The van der Waals surface area contributed by atoms with Crippen molar-refractivity contribution in [2.24, 2.45) is 4.99 Å². The van der Waals surface area contributed by atoms with Crippen molar-refractivity contribution in [3.8, 4) is 0 Å². The number of rotatable bonds is 7. The minimum Gasteiger partial charge on any atom is -0.462 e. The second-order valence-electron chi connectivity index (χ2n) is 5.89. The third-order valence-corrected chi connectivity index (χ3v) is 5.30. The molecule has 1 aromatic carbocycles. The summed E-state index contributed by atoms with van der Waals surface area (Å²) in [6.45, 7) is 7.48. The number of aryl methyl sites for hydroxylation is 1. The lowest BCUT2D eigenvalue weighted by atomic mass is 10.1. The third kappa shape index (κ3) is 4.31. The molecule has 9 heteroatoms. The molecule has 1 aromatic rings. The van der Waals surface area contributed by atoms with Gasteiger partial charge in [0, 0.05) is 23.3 Å². The summed E-state index contributed by atoms with van der Waals surface area (Å²) in [5, 5.41) is 4.14. The van der Waals surface area contributed by atoms with E-state index in [1.165, 1.54) is 11.1 Å². The SMILES string of the molecule is CCOC(=O)C(=CNc1cc2c(cc1CC)SC1=NCCN12)C(=O)OCC.O. The average Bonchev–Trinajstić information content (AvgIpc) is 3.22. The third-order valence-electron chi connectivity index (χ3n) is 4.22. The molecule has 2 aliphatic rings. The monoisotopic (exact) mass is 407 g/mol. The van der Waals surface area contributed by atoms with Crippen molar-refractivity contribution in [2.45, 2.75) is 32.1 Å². The van der Waals surface area contributed by atoms with E-state index < -0.39 is 11.9 Å². The first-order valence-corrected chi connectivity index (χ1v) is 9.88. The van der Waals surface area contributed by atoms with Crippen molar-refractivity contribution in [2.75, 3.05) is 36.5 Å². The Kier molecular flexibility index (Phi) is 7.47. The van der Waals surface area contributed by atoms with Crippen molar-refractivity contribution < 1.29 is 24.5 Å². The van der Waals surface area contributed by atoms with E-state index in [-0.39, 0.29) is 24.3 Å². The Morgan fingerprint density at radius 3 is 2.50 bits per heavy atom. The molecule has 0 bridgehead atoms. The smallest absolute Gasteiger partial charge is 0.347 e. The van der Waals surface area contributed by atoms with E-state index in [9.17, 15) is 9.59 Å². The maximum atomic E-state index is 12.1. The molecule has 0 atom stereocenters. The number of anilines is 2. The zero-order valence-corrected chi connectivity index (χ0v) is 17.0. The van der Waals surface area contributed by atoms with Crippen LogP contribution in [0, 0.1) is 0 Å². The molecule has 0 amide bonds. The van der Waals surface area contributed by atoms with Crippen LogP contribution >= 0.6 is 11.8 Å². The predicted octanol–water partition coefficient (Wildman–Crippen LogP) is 2.13. The van der Waals surface area contributed by atoms with E-state index in [1.807, 2.05) is 6.07 Å². The first-order chi connectivity index (χ1) is 13.1. The summed E-state index contributed by atoms with van der Waals surface area (Å²) < 4.78 is 9.94. The van der Waals surface area contributed by atoms with Crippen LogP contribution in [0.25, 0.3) is 0 Å². The van der Waals surface area contributed by atoms with Crippen LogP contribution < -0.4 is 10.2 Å². The predicted molar refractivity (Wildman–Crippen MR) is 110 cm³/mol. The van der Waals surface area contributed by atoms with Gasteiger partial charge in [-0.3, -0.25) is 4.99 Å². The summed E-state index contributed by atoms with van der Waals surface area (Å²) in [5.41, 5.74) is 2.87. The number of nitrogens with zero attached hydrogens (tertiary/aromatic N) is 2. The van der Waals surface area contributed by atoms with Gasteiger partial charge in [0.1, 0.15) is 0 Å². The van der Waals surface area contributed by atoms with Gasteiger partial charge in [-0.25, -0.2) is 9.59 Å². The van der Waals surface area contributed by atoms with Gasteiger partial charge in [0.05, 0.1) is 25.4 Å². The lowest BCUT2D eigenvalue weighted by Crippen LogP contribution is -2.21. The van der Waals surface area contributed by atoms with E-state index in [4.69, 9.17) is 9.47 Å². The van der Waals surface area contributed by atoms with Crippen LogP contribution in [0.15, 0.2) is 33.8 Å². The molecule has 0 unspecified atom stereocenters. The summed E-state index contributed by atoms with van der Waals surface area (Å²) in [6.07, 6.45) is 2.18. The highest BCUT2D eigenvalue weighted by Gasteiger charge is 2.30. The molecule has 3 rings (SSSR count). The Bertz CT molecular complexity index is 802. The highest BCUT2D eigenvalue weighted by Crippen LogP contribution is 2.44. The molecule has 0 spiro atoms. The number of nitrogens with one attached hydrogen (secondary N) is 1. The Balaban J connectivity index is 0.00000280. The van der Waals surface area contributed by atoms with Crippen LogP contribution in [-0.2, 0) is 25.5 Å². The Morgan fingerprint density at radius 1 is 1.21 bits per heavy atom. The van der Waals surface area contributed by atoms with Gasteiger partial charge in [0.25, 0.3) is 0 Å². The van der Waals surface area contributed by atoms with Gasteiger partial charge < -0.3 is 25.2 Å². The molecule has 0 aliphatic carbocycles. The van der Waals surface area contributed by atoms with Crippen molar-refractivity contribution in [1.29, 1.82) is 0 Å². The van der Waals surface area contributed by atoms with Crippen LogP contribution in [0.5, 0.6) is 0 Å². The number of hydrogen-bond acceptors (Lipinski definition) is 8. The van der Waals surface area contributed by atoms with Gasteiger partial charge >= 0.3 is 11.9 Å². The largest absolute Gasteiger partial charge is 0.462 e. The van der Waals surface area contributed by atoms with Crippen molar-refractivity contribution >= 4 is 40.2 Å². The number of fused-ring (bicyclic) bond motifs is 3. The first-order valence-electron chi connectivity index (χ1n) is 9.06. The maximum Gasteiger partial charge on any atom is 0.347 e. The second-order valence-corrected chi connectivity index (χ2v) is 6.90. The Labute approximate surface area is 168 Å². The summed E-state index contributed by atoms with van der Waals surface area (Å²) in [4.78, 5) is 32.1. The Morgan fingerprint density at radius 2 is 1.89 bits per heavy atom. The maximum absolute atomic E-state index is 12.1. The molecular formula is C19H25N3O5S. The normalized spacial score (nSPS) is 13.7. The number of hydrogen-bond donors (Lipinski definition) is 1. The molecular weight excluding hydrogens is 382 g/mol. The zero-order chi connectivity index (χ0) is 19.4. The molecule has 0 saturated heterocycles. The molecule has 0 radical (unpaired) electrons. The van der Waals surface area contributed by atoms with Gasteiger partial charge in [0.15, 0.2) is 10.7 Å². The van der Waals surface area contributed by atoms with Crippen molar-refractivity contribution in [3.05, 3.63) is 29.5 Å². The number of aliphatic imine (C=N–C) groups is 1. The lowest BCUT2D eigenvalue weighted by molar-refractivity contribution is -0.146. The summed E-state index contributed by atoms with van der Waals surface area (Å²) in [5.74, 6) is -1.40. The molecule has 8 nitrogen and oxygen atoms in total. The number of amidine groups is 1. The van der Waals surface area contributed by atoms with Crippen molar-refractivity contribution in [1.82, 2.24) is 0 Å². The fraction of sp³-hybridized carbons (Fsp3) is 0.421. The highest BCUT2D eigenvalue weighted by molar-refractivity contribution is 8.14. The number of esters is 2. The van der Waals surface area contributed by atoms with Gasteiger partial charge in [-0.05, 0) is 49.7 Å². The van der Waals surface area contributed by atoms with Gasteiger partial charge in [-0.1, -0.05) is 6.92 Å². The summed E-state index contributed by atoms with van der Waals surface area (Å²) in [7, 11) is 0. The average molecular weight is 407 g/mol. The molecule has 2 aliphatic heterocycles. The van der Waals surface area contributed by atoms with Crippen LogP contribution in [0.1, 0.15) is 26.3 Å². The van der Waals surface area contributed by atoms with E-state index >= 15 is 0 Å². The summed E-state index contributed by atoms with van der Waals surface area (Å²) >= 11 is 1.68. The van der Waals surface area contributed by atoms with Gasteiger partial charge in [-0.15, -0.1) is 0 Å². The van der Waals surface area contributed by atoms with Crippen LogP contribution in [0.3, 0.4) is 0 Å². The molecule has 3 N–H and O–H groups in total. The van der Waals surface area contributed by atoms with E-state index in [0.717, 1.165) is 41.6 Å². The number of carbonyl (C=O) groups excluding carboxylic acids is 2. The summed E-state index contributed by atoms with van der Waals surface area (Å²) in [6, 6.07) is 4.17. The minimum absolute atomic E-state index is 0. The number of thioether (sulfide) groups is 1. The molecule has 0 fully saturated rings. The highest BCUT2D eigenvalue weighted by atomic mass is 32.2. The number of carbonyl (C=O) groups is 2. The fourth-order valence-electron chi connectivity index (χ4n) is 2.93. The van der Waals surface area contributed by atoms with Crippen LogP contribution in [0.4, 0.5) is 11.4 Å². The van der Waals surface area contributed by atoms with Gasteiger partial charge in [0.2, 0.25) is 0 Å². The van der Waals surface area contributed by atoms with Crippen molar-refractivity contribution in [3.63, 3.8) is 0 Å². The van der Waals surface area contributed by atoms with E-state index in [2.05, 4.69) is 28.2 Å². The Hall–Kier alpha value is -2.52. The van der Waals surface area contributed by atoms with Crippen LogP contribution in [0.2, 0.25) is 0 Å². The molecule has 0 saturated carbocycles. The molecule has 28 heavy (non-hydrogen) atoms. The topological polar surface area (TPSA) is 112 Å². The first kappa shape index (κ1) is 21.8. The number of benzene rings is 1. The fourth-order valence-corrected chi connectivity index (χ4v) is 4.06. The molecule has 152 valence electrons. The second kappa shape index (κ2) is 9.61. The number of ether oxygens (including phenoxy) is 2. The van der Waals surface area contributed by atoms with Gasteiger partial charge in [-0.2, -0.15) is 0 Å². The minimum atomic E-state index is -0.702. The molecule has 2 heterocycles. The van der Waals surface area contributed by atoms with E-state index in [1.54, 1.807) is 25.6 Å².